The average Bonchev–Trinajstić information content (AvgIpc) is 3.43. The molecule has 0 aliphatic heterocycles. The van der Waals surface area contributed by atoms with Crippen LogP contribution in [0.25, 0.3) is 0 Å². The summed E-state index contributed by atoms with van der Waals surface area (Å²) in [6, 6.07) is 0. The summed E-state index contributed by atoms with van der Waals surface area (Å²) in [6.45, 7) is 6.53. The van der Waals surface area contributed by atoms with Crippen LogP contribution in [0.5, 0.6) is 0 Å². The minimum Gasteiger partial charge on any atom is -0.462 e. The Labute approximate surface area is 478 Å². The fraction of sp³-hybridized carbons (Fsp3) is 0.789. The summed E-state index contributed by atoms with van der Waals surface area (Å²) in [5, 5.41) is 0. The van der Waals surface area contributed by atoms with E-state index in [-0.39, 0.29) is 31.1 Å². The number of ether oxygens (including phenoxy) is 3. The zero-order chi connectivity index (χ0) is 55.7. The third-order valence-electron chi connectivity index (χ3n) is 14.7. The van der Waals surface area contributed by atoms with Gasteiger partial charge in [-0.1, -0.05) is 306 Å². The second kappa shape index (κ2) is 65.4. The van der Waals surface area contributed by atoms with Crippen molar-refractivity contribution in [1.29, 1.82) is 0 Å². The molecule has 6 heteroatoms. The second-order valence-corrected chi connectivity index (χ2v) is 22.4. The van der Waals surface area contributed by atoms with Crippen molar-refractivity contribution in [2.75, 3.05) is 13.2 Å². The minimum absolute atomic E-state index is 0.0838. The zero-order valence-electron chi connectivity index (χ0n) is 51.2. The largest absolute Gasteiger partial charge is 0.462 e. The number of hydrogen-bond donors (Lipinski definition) is 0. The van der Waals surface area contributed by atoms with Gasteiger partial charge in [0.15, 0.2) is 6.10 Å². The number of hydrogen-bond acceptors (Lipinski definition) is 6. The maximum Gasteiger partial charge on any atom is 0.306 e. The first kappa shape index (κ1) is 73.8. The molecule has 0 bridgehead atoms. The summed E-state index contributed by atoms with van der Waals surface area (Å²) in [7, 11) is 0. The number of allylic oxidation sites excluding steroid dienone is 12. The molecule has 446 valence electrons. The van der Waals surface area contributed by atoms with Crippen LogP contribution in [-0.4, -0.2) is 37.2 Å². The van der Waals surface area contributed by atoms with Gasteiger partial charge in [0, 0.05) is 19.3 Å². The van der Waals surface area contributed by atoms with Crippen molar-refractivity contribution in [2.45, 2.75) is 348 Å². The lowest BCUT2D eigenvalue weighted by molar-refractivity contribution is -0.167. The second-order valence-electron chi connectivity index (χ2n) is 22.4. The summed E-state index contributed by atoms with van der Waals surface area (Å²) in [5.74, 6) is -0.898. The standard InChI is InChI=1S/C71H126O6/c1-4-7-10-13-16-19-22-25-28-31-33-34-35-36-37-38-41-43-46-49-52-55-58-61-64-70(73)76-67-68(66-75-69(72)63-60-57-54-51-48-45-42-39-30-27-24-21-18-15-12-9-6-3)77-71(74)65-62-59-56-53-50-47-44-40-32-29-26-23-20-17-14-11-8-5-2/h9,12,18,20-21,23,27,29-30,32,42,45,68H,4-8,10-11,13-17,19,22,24-26,28,31,33-41,43-44,46-67H2,1-3H3/b12-9-,21-18-,23-20-,30-27-,32-29-,45-42-. The Hall–Kier alpha value is -3.15. The van der Waals surface area contributed by atoms with Crippen LogP contribution in [0.2, 0.25) is 0 Å². The van der Waals surface area contributed by atoms with Crippen LogP contribution in [0, 0.1) is 0 Å². The molecule has 0 aromatic heterocycles. The maximum atomic E-state index is 12.9. The highest BCUT2D eigenvalue weighted by molar-refractivity contribution is 5.71. The average molecular weight is 1080 g/mol. The molecule has 0 saturated carbocycles. The van der Waals surface area contributed by atoms with Crippen molar-refractivity contribution >= 4 is 17.9 Å². The van der Waals surface area contributed by atoms with E-state index in [2.05, 4.69) is 93.7 Å². The molecule has 0 heterocycles. The molecule has 0 rings (SSSR count). The molecule has 1 atom stereocenters. The molecule has 0 spiro atoms. The molecule has 0 N–H and O–H groups in total. The van der Waals surface area contributed by atoms with Crippen molar-refractivity contribution in [3.05, 3.63) is 72.9 Å². The Balaban J connectivity index is 4.34. The number of carbonyl (C=O) groups excluding carboxylic acids is 3. The van der Waals surface area contributed by atoms with Gasteiger partial charge in [-0.2, -0.15) is 0 Å². The Morgan fingerprint density at radius 3 is 0.805 bits per heavy atom. The monoisotopic (exact) mass is 1070 g/mol. The third-order valence-corrected chi connectivity index (χ3v) is 14.7. The fourth-order valence-corrected chi connectivity index (χ4v) is 9.70. The van der Waals surface area contributed by atoms with Crippen LogP contribution < -0.4 is 0 Å². The van der Waals surface area contributed by atoms with E-state index in [1.165, 1.54) is 193 Å². The Bertz CT molecular complexity index is 1420. The summed E-state index contributed by atoms with van der Waals surface area (Å²) in [6.07, 6.45) is 84.9. The SMILES string of the molecule is CC/C=C\C/C=C\C/C=C\C/C=C\CCCCCCC(=O)OCC(COC(=O)CCCCCCCCCCCCCCCCCCCCCCCCCC)OC(=O)CCCCCCCCC/C=C\C/C=C\CCCCCC. The first-order valence-corrected chi connectivity index (χ1v) is 33.4. The smallest absolute Gasteiger partial charge is 0.306 e. The van der Waals surface area contributed by atoms with Crippen LogP contribution in [0.4, 0.5) is 0 Å². The molecular weight excluding hydrogens is 949 g/mol. The van der Waals surface area contributed by atoms with Crippen molar-refractivity contribution in [3.63, 3.8) is 0 Å². The van der Waals surface area contributed by atoms with Crippen LogP contribution in [0.15, 0.2) is 72.9 Å². The summed E-state index contributed by atoms with van der Waals surface area (Å²) < 4.78 is 16.9. The minimum atomic E-state index is -0.790. The van der Waals surface area contributed by atoms with Crippen LogP contribution in [0.1, 0.15) is 342 Å². The molecule has 0 amide bonds. The molecule has 0 saturated heterocycles. The van der Waals surface area contributed by atoms with Gasteiger partial charge in [0.25, 0.3) is 0 Å². The first-order chi connectivity index (χ1) is 38.0. The van der Waals surface area contributed by atoms with Gasteiger partial charge in [0.1, 0.15) is 13.2 Å². The topological polar surface area (TPSA) is 78.9 Å². The number of esters is 3. The lowest BCUT2D eigenvalue weighted by Crippen LogP contribution is -2.30. The predicted octanol–water partition coefficient (Wildman–Crippen LogP) is 22.9. The molecule has 0 aliphatic rings. The number of unbranched alkanes of at least 4 members (excludes halogenated alkanes) is 38. The summed E-state index contributed by atoms with van der Waals surface area (Å²) in [4.78, 5) is 38.4. The van der Waals surface area contributed by atoms with Crippen molar-refractivity contribution in [1.82, 2.24) is 0 Å². The lowest BCUT2D eigenvalue weighted by Gasteiger charge is -2.18. The Kier molecular flexibility index (Phi) is 62.7. The number of carbonyl (C=O) groups is 3. The quantitative estimate of drug-likeness (QED) is 0.0261. The van der Waals surface area contributed by atoms with Gasteiger partial charge in [-0.05, 0) is 89.9 Å². The fourth-order valence-electron chi connectivity index (χ4n) is 9.70. The van der Waals surface area contributed by atoms with Crippen LogP contribution in [-0.2, 0) is 28.6 Å². The molecule has 0 aromatic rings. The molecule has 0 aliphatic carbocycles. The van der Waals surface area contributed by atoms with E-state index in [9.17, 15) is 14.4 Å². The van der Waals surface area contributed by atoms with E-state index in [0.717, 1.165) is 109 Å². The van der Waals surface area contributed by atoms with Gasteiger partial charge in [-0.3, -0.25) is 14.4 Å². The van der Waals surface area contributed by atoms with Crippen molar-refractivity contribution in [3.8, 4) is 0 Å². The Morgan fingerprint density at radius 1 is 0.273 bits per heavy atom. The Morgan fingerprint density at radius 2 is 0.506 bits per heavy atom. The van der Waals surface area contributed by atoms with Crippen molar-refractivity contribution < 1.29 is 28.6 Å². The van der Waals surface area contributed by atoms with Crippen LogP contribution >= 0.6 is 0 Å². The van der Waals surface area contributed by atoms with Gasteiger partial charge < -0.3 is 14.2 Å². The zero-order valence-corrected chi connectivity index (χ0v) is 51.2. The molecule has 0 radical (unpaired) electrons. The first-order valence-electron chi connectivity index (χ1n) is 33.4. The molecular formula is C71H126O6. The summed E-state index contributed by atoms with van der Waals surface area (Å²) >= 11 is 0. The van der Waals surface area contributed by atoms with E-state index in [4.69, 9.17) is 14.2 Å². The third kappa shape index (κ3) is 63.6. The van der Waals surface area contributed by atoms with E-state index in [0.29, 0.717) is 19.3 Å². The van der Waals surface area contributed by atoms with Gasteiger partial charge in [0.05, 0.1) is 0 Å². The molecule has 0 aromatic carbocycles. The van der Waals surface area contributed by atoms with E-state index in [1.54, 1.807) is 0 Å². The molecule has 6 nitrogen and oxygen atoms in total. The highest BCUT2D eigenvalue weighted by Crippen LogP contribution is 2.17. The lowest BCUT2D eigenvalue weighted by atomic mass is 10.0. The normalized spacial score (nSPS) is 12.5. The highest BCUT2D eigenvalue weighted by atomic mass is 16.6. The maximum absolute atomic E-state index is 12.9. The van der Waals surface area contributed by atoms with Gasteiger partial charge in [-0.15, -0.1) is 0 Å². The molecule has 77 heavy (non-hydrogen) atoms. The van der Waals surface area contributed by atoms with Gasteiger partial charge in [-0.25, -0.2) is 0 Å². The van der Waals surface area contributed by atoms with E-state index < -0.39 is 6.10 Å². The molecule has 0 fully saturated rings. The van der Waals surface area contributed by atoms with E-state index >= 15 is 0 Å². The van der Waals surface area contributed by atoms with Gasteiger partial charge >= 0.3 is 17.9 Å². The predicted molar refractivity (Wildman–Crippen MR) is 335 cm³/mol. The van der Waals surface area contributed by atoms with E-state index in [1.807, 2.05) is 0 Å². The highest BCUT2D eigenvalue weighted by Gasteiger charge is 2.19. The van der Waals surface area contributed by atoms with Crippen molar-refractivity contribution in [2.24, 2.45) is 0 Å². The van der Waals surface area contributed by atoms with Gasteiger partial charge in [0.2, 0.25) is 0 Å². The van der Waals surface area contributed by atoms with Crippen LogP contribution in [0.3, 0.4) is 0 Å². The summed E-state index contributed by atoms with van der Waals surface area (Å²) in [5.41, 5.74) is 0. The number of rotatable bonds is 61. The molecule has 1 unspecified atom stereocenters.